The minimum atomic E-state index is -0.465. The van der Waals surface area contributed by atoms with Gasteiger partial charge < -0.3 is 15.4 Å². The summed E-state index contributed by atoms with van der Waals surface area (Å²) in [6, 6.07) is 9.46. The maximum atomic E-state index is 12.2. The minimum Gasteiger partial charge on any atom is -0.462 e. The summed E-state index contributed by atoms with van der Waals surface area (Å²) >= 11 is 1.40. The number of ether oxygens (including phenoxy) is 1. The van der Waals surface area contributed by atoms with Crippen molar-refractivity contribution < 1.29 is 9.53 Å². The van der Waals surface area contributed by atoms with E-state index in [1.807, 2.05) is 50.4 Å². The quantitative estimate of drug-likeness (QED) is 0.336. The number of carbonyl (C=O) groups excluding carboxylic acids is 1. The van der Waals surface area contributed by atoms with Crippen LogP contribution in [0.15, 0.2) is 41.7 Å². The van der Waals surface area contributed by atoms with Crippen molar-refractivity contribution in [2.75, 3.05) is 23.5 Å². The van der Waals surface area contributed by atoms with Gasteiger partial charge in [0.15, 0.2) is 5.16 Å². The number of nitrogens with one attached hydrogen (secondary N) is 2. The van der Waals surface area contributed by atoms with E-state index in [4.69, 9.17) is 4.74 Å². The van der Waals surface area contributed by atoms with Crippen LogP contribution in [-0.2, 0) is 4.74 Å². The number of nitrogens with zero attached hydrogens (tertiary/aromatic N) is 4. The van der Waals surface area contributed by atoms with Gasteiger partial charge in [-0.05, 0) is 57.4 Å². The highest BCUT2D eigenvalue weighted by molar-refractivity contribution is 7.98. The van der Waals surface area contributed by atoms with E-state index in [9.17, 15) is 4.79 Å². The molecule has 0 atom stereocenters. The van der Waals surface area contributed by atoms with Crippen molar-refractivity contribution in [3.63, 3.8) is 0 Å². The molecule has 0 unspecified atom stereocenters. The molecule has 0 aliphatic carbocycles. The van der Waals surface area contributed by atoms with Crippen molar-refractivity contribution >= 4 is 40.9 Å². The van der Waals surface area contributed by atoms with Crippen LogP contribution in [0.2, 0.25) is 0 Å². The van der Waals surface area contributed by atoms with E-state index in [1.165, 1.54) is 18.0 Å². The Labute approximate surface area is 173 Å². The van der Waals surface area contributed by atoms with Crippen LogP contribution in [0.1, 0.15) is 28.7 Å². The fourth-order valence-electron chi connectivity index (χ4n) is 2.60. The maximum absolute atomic E-state index is 12.2. The lowest BCUT2D eigenvalue weighted by Gasteiger charge is -2.12. The average Bonchev–Trinajstić information content (AvgIpc) is 2.69. The predicted molar refractivity (Wildman–Crippen MR) is 114 cm³/mol. The van der Waals surface area contributed by atoms with Crippen molar-refractivity contribution in [2.24, 2.45) is 0 Å². The number of esters is 1. The van der Waals surface area contributed by atoms with E-state index in [1.54, 1.807) is 6.92 Å². The van der Waals surface area contributed by atoms with E-state index in [2.05, 4.69) is 30.6 Å². The van der Waals surface area contributed by atoms with Crippen LogP contribution in [0.4, 0.5) is 23.1 Å². The Balaban J connectivity index is 1.79. The third-order valence-corrected chi connectivity index (χ3v) is 4.39. The number of benzene rings is 1. The summed E-state index contributed by atoms with van der Waals surface area (Å²) in [4.78, 5) is 29.5. The Kier molecular flexibility index (Phi) is 6.61. The van der Waals surface area contributed by atoms with Gasteiger partial charge in [-0.2, -0.15) is 0 Å². The Hall–Kier alpha value is -3.20. The molecule has 0 bridgehead atoms. The monoisotopic (exact) mass is 410 g/mol. The molecule has 2 N–H and O–H groups in total. The number of hydrogen-bond donors (Lipinski definition) is 2. The normalized spacial score (nSPS) is 10.5. The van der Waals surface area contributed by atoms with Crippen molar-refractivity contribution in [1.82, 2.24) is 19.9 Å². The van der Waals surface area contributed by atoms with Crippen LogP contribution in [-0.4, -0.2) is 38.8 Å². The van der Waals surface area contributed by atoms with Gasteiger partial charge in [0.05, 0.1) is 6.61 Å². The van der Waals surface area contributed by atoms with Crippen LogP contribution in [0.3, 0.4) is 0 Å². The SMILES string of the molecule is CCOC(=O)c1cnc(SC)nc1Nc1ccc(Nc2nc(C)cc(C)n2)cc1. The lowest BCUT2D eigenvalue weighted by molar-refractivity contribution is 0.0526. The highest BCUT2D eigenvalue weighted by atomic mass is 32.2. The van der Waals surface area contributed by atoms with Gasteiger partial charge in [0.1, 0.15) is 11.4 Å². The molecule has 0 spiro atoms. The molecular formula is C20H22N6O2S. The lowest BCUT2D eigenvalue weighted by Crippen LogP contribution is -2.10. The van der Waals surface area contributed by atoms with Crippen LogP contribution in [0.25, 0.3) is 0 Å². The Morgan fingerprint density at radius 3 is 2.24 bits per heavy atom. The summed E-state index contributed by atoms with van der Waals surface area (Å²) < 4.78 is 5.09. The fraction of sp³-hybridized carbons (Fsp3) is 0.250. The van der Waals surface area contributed by atoms with Gasteiger partial charge in [-0.25, -0.2) is 24.7 Å². The van der Waals surface area contributed by atoms with E-state index in [0.717, 1.165) is 22.8 Å². The van der Waals surface area contributed by atoms with Crippen molar-refractivity contribution in [2.45, 2.75) is 25.9 Å². The second-order valence-electron chi connectivity index (χ2n) is 6.14. The number of rotatable bonds is 7. The maximum Gasteiger partial charge on any atom is 0.343 e. The predicted octanol–water partition coefficient (Wildman–Crippen LogP) is 4.27. The van der Waals surface area contributed by atoms with Gasteiger partial charge in [-0.1, -0.05) is 11.8 Å². The summed E-state index contributed by atoms with van der Waals surface area (Å²) in [6.07, 6.45) is 3.35. The van der Waals surface area contributed by atoms with Gasteiger partial charge in [0.2, 0.25) is 5.95 Å². The summed E-state index contributed by atoms with van der Waals surface area (Å²) in [7, 11) is 0. The second-order valence-corrected chi connectivity index (χ2v) is 6.91. The third-order valence-electron chi connectivity index (χ3n) is 3.83. The number of anilines is 4. The summed E-state index contributed by atoms with van der Waals surface area (Å²) in [5.41, 5.74) is 3.71. The van der Waals surface area contributed by atoms with Crippen LogP contribution < -0.4 is 10.6 Å². The molecule has 1 aromatic carbocycles. The van der Waals surface area contributed by atoms with Gasteiger partial charge >= 0.3 is 5.97 Å². The molecule has 0 amide bonds. The molecule has 9 heteroatoms. The summed E-state index contributed by atoms with van der Waals surface area (Å²) in [5.74, 6) is 0.488. The van der Waals surface area contributed by atoms with Crippen LogP contribution in [0.5, 0.6) is 0 Å². The van der Waals surface area contributed by atoms with E-state index in [0.29, 0.717) is 16.9 Å². The van der Waals surface area contributed by atoms with Gasteiger partial charge in [0.25, 0.3) is 0 Å². The topological polar surface area (TPSA) is 102 Å². The van der Waals surface area contributed by atoms with Crippen molar-refractivity contribution in [3.05, 3.63) is 53.5 Å². The smallest absolute Gasteiger partial charge is 0.343 e. The fourth-order valence-corrected chi connectivity index (χ4v) is 2.94. The second kappa shape index (κ2) is 9.33. The van der Waals surface area contributed by atoms with E-state index >= 15 is 0 Å². The molecule has 150 valence electrons. The number of aryl methyl sites for hydroxylation is 2. The first-order valence-corrected chi connectivity index (χ1v) is 10.3. The molecular weight excluding hydrogens is 388 g/mol. The molecule has 0 fully saturated rings. The Morgan fingerprint density at radius 2 is 1.66 bits per heavy atom. The van der Waals surface area contributed by atoms with Gasteiger partial charge in [0, 0.05) is 29.0 Å². The summed E-state index contributed by atoms with van der Waals surface area (Å²) in [6.45, 7) is 5.90. The zero-order chi connectivity index (χ0) is 20.8. The largest absolute Gasteiger partial charge is 0.462 e. The Bertz CT molecular complexity index is 990. The molecule has 0 saturated carbocycles. The molecule has 0 saturated heterocycles. The summed E-state index contributed by atoms with van der Waals surface area (Å²) in [5, 5.41) is 6.92. The van der Waals surface area contributed by atoms with Crippen LogP contribution in [0, 0.1) is 13.8 Å². The zero-order valence-electron chi connectivity index (χ0n) is 16.7. The first kappa shape index (κ1) is 20.5. The van der Waals surface area contributed by atoms with Crippen molar-refractivity contribution in [1.29, 1.82) is 0 Å². The minimum absolute atomic E-state index is 0.281. The molecule has 3 rings (SSSR count). The number of thioether (sulfide) groups is 1. The molecule has 0 aliphatic rings. The standard InChI is InChI=1S/C20H22N6O2S/c1-5-28-18(27)16-11-21-20(29-4)26-17(16)24-14-6-8-15(9-7-14)25-19-22-12(2)10-13(3)23-19/h6-11H,5H2,1-4H3,(H,21,24,26)(H,22,23,25). The first-order chi connectivity index (χ1) is 14.0. The highest BCUT2D eigenvalue weighted by Crippen LogP contribution is 2.24. The lowest BCUT2D eigenvalue weighted by atomic mass is 10.2. The van der Waals surface area contributed by atoms with Gasteiger partial charge in [-0.15, -0.1) is 0 Å². The number of carbonyl (C=O) groups is 1. The molecule has 0 radical (unpaired) electrons. The number of hydrogen-bond acceptors (Lipinski definition) is 9. The van der Waals surface area contributed by atoms with Gasteiger partial charge in [-0.3, -0.25) is 0 Å². The van der Waals surface area contributed by atoms with E-state index < -0.39 is 5.97 Å². The molecule has 29 heavy (non-hydrogen) atoms. The third kappa shape index (κ3) is 5.41. The zero-order valence-corrected chi connectivity index (χ0v) is 17.5. The van der Waals surface area contributed by atoms with Crippen molar-refractivity contribution in [3.8, 4) is 0 Å². The first-order valence-electron chi connectivity index (χ1n) is 9.03. The average molecular weight is 411 g/mol. The van der Waals surface area contributed by atoms with Crippen LogP contribution >= 0.6 is 11.8 Å². The highest BCUT2D eigenvalue weighted by Gasteiger charge is 2.16. The molecule has 2 heterocycles. The number of aromatic nitrogens is 4. The molecule has 0 aliphatic heterocycles. The van der Waals surface area contributed by atoms with E-state index in [-0.39, 0.29) is 12.2 Å². The Morgan fingerprint density at radius 1 is 1.03 bits per heavy atom. The molecule has 3 aromatic rings. The molecule has 8 nitrogen and oxygen atoms in total. The molecule has 2 aromatic heterocycles.